The second kappa shape index (κ2) is 10.8. The zero-order chi connectivity index (χ0) is 23.0. The van der Waals surface area contributed by atoms with E-state index in [1.165, 1.54) is 30.2 Å². The van der Waals surface area contributed by atoms with Crippen LogP contribution in [0.3, 0.4) is 0 Å². The van der Waals surface area contributed by atoms with Crippen molar-refractivity contribution >= 4 is 39.7 Å². The molecule has 9 heteroatoms. The smallest absolute Gasteiger partial charge is 0.210 e. The maximum absolute atomic E-state index is 12.6. The van der Waals surface area contributed by atoms with Gasteiger partial charge in [-0.25, -0.2) is 0 Å². The number of nitrogens with one attached hydrogen (secondary N) is 1. The Morgan fingerprint density at radius 1 is 0.909 bits per heavy atom. The van der Waals surface area contributed by atoms with Crippen molar-refractivity contribution < 1.29 is 19.0 Å². The number of para-hydroxylation sites is 1. The van der Waals surface area contributed by atoms with E-state index in [0.717, 1.165) is 17.2 Å². The molecule has 1 heterocycles. The Morgan fingerprint density at radius 2 is 1.64 bits per heavy atom. The van der Waals surface area contributed by atoms with E-state index in [4.69, 9.17) is 14.2 Å². The van der Waals surface area contributed by atoms with Crippen molar-refractivity contribution in [1.29, 1.82) is 0 Å². The summed E-state index contributed by atoms with van der Waals surface area (Å²) in [4.78, 5) is 12.6. The van der Waals surface area contributed by atoms with E-state index < -0.39 is 0 Å². The first-order chi connectivity index (χ1) is 16.1. The van der Waals surface area contributed by atoms with E-state index in [2.05, 4.69) is 15.5 Å². The lowest BCUT2D eigenvalue weighted by Crippen LogP contribution is -2.05. The number of methoxy groups -OCH3 is 2. The molecule has 0 atom stereocenters. The minimum atomic E-state index is -0.0572. The second-order valence-electron chi connectivity index (χ2n) is 6.72. The summed E-state index contributed by atoms with van der Waals surface area (Å²) < 4.78 is 17.0. The molecule has 3 aromatic carbocycles. The number of carbonyl (C=O) groups excluding carboxylic acids is 1. The lowest BCUT2D eigenvalue weighted by Gasteiger charge is -2.09. The van der Waals surface area contributed by atoms with Crippen molar-refractivity contribution in [3.8, 4) is 23.0 Å². The third-order valence-electron chi connectivity index (χ3n) is 4.53. The van der Waals surface area contributed by atoms with Crippen LogP contribution in [0.4, 0.5) is 10.8 Å². The van der Waals surface area contributed by atoms with E-state index in [-0.39, 0.29) is 11.5 Å². The van der Waals surface area contributed by atoms with Crippen LogP contribution < -0.4 is 19.5 Å². The van der Waals surface area contributed by atoms with Crippen molar-refractivity contribution in [2.24, 2.45) is 0 Å². The molecule has 0 aliphatic heterocycles. The topological polar surface area (TPSA) is 82.6 Å². The minimum absolute atomic E-state index is 0.0572. The molecule has 4 rings (SSSR count). The molecule has 0 unspecified atom stereocenters. The first-order valence-corrected chi connectivity index (χ1v) is 11.8. The Morgan fingerprint density at radius 3 is 2.36 bits per heavy atom. The summed E-state index contributed by atoms with van der Waals surface area (Å²) in [6.45, 7) is 0. The highest BCUT2D eigenvalue weighted by atomic mass is 32.2. The number of carbonyl (C=O) groups is 1. The predicted octanol–water partition coefficient (Wildman–Crippen LogP) is 6.07. The van der Waals surface area contributed by atoms with Crippen LogP contribution >= 0.6 is 23.1 Å². The predicted molar refractivity (Wildman–Crippen MR) is 131 cm³/mol. The summed E-state index contributed by atoms with van der Waals surface area (Å²) in [5, 5.41) is 12.2. The van der Waals surface area contributed by atoms with Gasteiger partial charge in [-0.3, -0.25) is 4.79 Å². The standard InChI is InChI=1S/C24H21N3O4S2/c1-29-19-12-13-20(22(14-19)30-2)21(28)15-32-24-27-26-23(33-24)25-16-8-10-18(11-9-16)31-17-6-4-3-5-7-17/h3-14H,15H2,1-2H3,(H,25,26). The average molecular weight is 480 g/mol. The van der Waals surface area contributed by atoms with Gasteiger partial charge in [-0.2, -0.15) is 0 Å². The van der Waals surface area contributed by atoms with E-state index in [9.17, 15) is 4.79 Å². The first kappa shape index (κ1) is 22.6. The molecule has 0 aliphatic rings. The van der Waals surface area contributed by atoms with Crippen LogP contribution in [0.5, 0.6) is 23.0 Å². The molecule has 168 valence electrons. The van der Waals surface area contributed by atoms with Crippen LogP contribution in [0.1, 0.15) is 10.4 Å². The molecule has 0 fully saturated rings. The molecule has 0 saturated carbocycles. The number of aromatic nitrogens is 2. The van der Waals surface area contributed by atoms with Crippen molar-refractivity contribution in [2.75, 3.05) is 25.3 Å². The van der Waals surface area contributed by atoms with Crippen LogP contribution in [0.2, 0.25) is 0 Å². The normalized spacial score (nSPS) is 10.5. The Balaban J connectivity index is 1.32. The van der Waals surface area contributed by atoms with E-state index in [1.54, 1.807) is 25.3 Å². The number of Topliss-reactive ketones (excluding diaryl/α,β-unsaturated/α-hetero) is 1. The van der Waals surface area contributed by atoms with Gasteiger partial charge in [0.15, 0.2) is 10.1 Å². The van der Waals surface area contributed by atoms with Crippen molar-refractivity contribution in [2.45, 2.75) is 4.34 Å². The fraction of sp³-hybridized carbons (Fsp3) is 0.125. The number of rotatable bonds is 10. The van der Waals surface area contributed by atoms with Gasteiger partial charge in [-0.1, -0.05) is 41.3 Å². The number of nitrogens with zero attached hydrogens (tertiary/aromatic N) is 2. The highest BCUT2D eigenvalue weighted by Gasteiger charge is 2.15. The largest absolute Gasteiger partial charge is 0.497 e. The zero-order valence-corrected chi connectivity index (χ0v) is 19.6. The van der Waals surface area contributed by atoms with E-state index >= 15 is 0 Å². The average Bonchev–Trinajstić information content (AvgIpc) is 3.31. The number of benzene rings is 3. The number of anilines is 2. The van der Waals surface area contributed by atoms with E-state index in [0.29, 0.717) is 26.5 Å². The summed E-state index contributed by atoms with van der Waals surface area (Å²) in [7, 11) is 3.10. The van der Waals surface area contributed by atoms with Crippen LogP contribution in [-0.2, 0) is 0 Å². The monoisotopic (exact) mass is 479 g/mol. The van der Waals surface area contributed by atoms with Crippen LogP contribution in [0.25, 0.3) is 0 Å². The number of ketones is 1. The molecule has 0 radical (unpaired) electrons. The lowest BCUT2D eigenvalue weighted by molar-refractivity contribution is 0.101. The molecule has 0 amide bonds. The van der Waals surface area contributed by atoms with Crippen LogP contribution in [0, 0.1) is 0 Å². The lowest BCUT2D eigenvalue weighted by atomic mass is 10.1. The Bertz CT molecular complexity index is 1210. The molecule has 4 aromatic rings. The highest BCUT2D eigenvalue weighted by Crippen LogP contribution is 2.31. The van der Waals surface area contributed by atoms with Gasteiger partial charge in [0.05, 0.1) is 25.5 Å². The van der Waals surface area contributed by atoms with E-state index in [1.807, 2.05) is 54.6 Å². The van der Waals surface area contributed by atoms with Crippen LogP contribution in [-0.4, -0.2) is 36.0 Å². The SMILES string of the molecule is COc1ccc(C(=O)CSc2nnc(Nc3ccc(Oc4ccccc4)cc3)s2)c(OC)c1. The zero-order valence-electron chi connectivity index (χ0n) is 18.0. The maximum atomic E-state index is 12.6. The summed E-state index contributed by atoms with van der Waals surface area (Å²) >= 11 is 2.72. The van der Waals surface area contributed by atoms with Gasteiger partial charge < -0.3 is 19.5 Å². The van der Waals surface area contributed by atoms with Gasteiger partial charge in [0.1, 0.15) is 23.0 Å². The van der Waals surface area contributed by atoms with Gasteiger partial charge in [0.2, 0.25) is 5.13 Å². The minimum Gasteiger partial charge on any atom is -0.497 e. The van der Waals surface area contributed by atoms with Crippen molar-refractivity contribution in [1.82, 2.24) is 10.2 Å². The first-order valence-electron chi connectivity index (χ1n) is 9.96. The number of hydrogen-bond acceptors (Lipinski definition) is 9. The van der Waals surface area contributed by atoms with Gasteiger partial charge in [0.25, 0.3) is 0 Å². The molecule has 7 nitrogen and oxygen atoms in total. The molecule has 0 aliphatic carbocycles. The number of ether oxygens (including phenoxy) is 3. The fourth-order valence-corrected chi connectivity index (χ4v) is 4.56. The molecule has 0 bridgehead atoms. The summed E-state index contributed by atoms with van der Waals surface area (Å²) in [6, 6.07) is 22.3. The van der Waals surface area contributed by atoms with Gasteiger partial charge in [-0.05, 0) is 48.5 Å². The summed E-state index contributed by atoms with van der Waals surface area (Å²) in [5.41, 5.74) is 1.37. The van der Waals surface area contributed by atoms with Gasteiger partial charge in [0, 0.05) is 11.8 Å². The van der Waals surface area contributed by atoms with Gasteiger partial charge in [-0.15, -0.1) is 10.2 Å². The molecule has 1 N–H and O–H groups in total. The Kier molecular flexibility index (Phi) is 7.43. The second-order valence-corrected chi connectivity index (χ2v) is 8.92. The van der Waals surface area contributed by atoms with Crippen LogP contribution in [0.15, 0.2) is 77.1 Å². The number of hydrogen-bond donors (Lipinski definition) is 1. The third-order valence-corrected chi connectivity index (χ3v) is 6.50. The summed E-state index contributed by atoms with van der Waals surface area (Å²) in [6.07, 6.45) is 0. The molecular formula is C24H21N3O4S2. The Hall–Kier alpha value is -3.56. The van der Waals surface area contributed by atoms with Gasteiger partial charge >= 0.3 is 0 Å². The third kappa shape index (κ3) is 6.03. The summed E-state index contributed by atoms with van der Waals surface area (Å²) in [5.74, 6) is 2.81. The van der Waals surface area contributed by atoms with Crippen molar-refractivity contribution in [3.63, 3.8) is 0 Å². The quantitative estimate of drug-likeness (QED) is 0.217. The number of thioether (sulfide) groups is 1. The molecule has 1 aromatic heterocycles. The maximum Gasteiger partial charge on any atom is 0.210 e. The Labute approximate surface area is 199 Å². The fourth-order valence-electron chi connectivity index (χ4n) is 2.91. The molecular weight excluding hydrogens is 458 g/mol. The molecule has 0 saturated heterocycles. The molecule has 0 spiro atoms. The highest BCUT2D eigenvalue weighted by molar-refractivity contribution is 8.01. The van der Waals surface area contributed by atoms with Crippen molar-refractivity contribution in [3.05, 3.63) is 78.4 Å². The molecule has 33 heavy (non-hydrogen) atoms.